The Kier molecular flexibility index (Phi) is 14.0. The first kappa shape index (κ1) is 48.5. The van der Waals surface area contributed by atoms with Gasteiger partial charge in [-0.15, -0.1) is 0 Å². The molecule has 5 unspecified atom stereocenters. The van der Waals surface area contributed by atoms with Crippen LogP contribution in [0.1, 0.15) is 146 Å². The van der Waals surface area contributed by atoms with Gasteiger partial charge in [-0.25, -0.2) is 0 Å². The molecular weight excluding hydrogens is 897 g/mol. The molecule has 2 aliphatic heterocycles. The Bertz CT molecular complexity index is 3020. The zero-order valence-corrected chi connectivity index (χ0v) is 41.0. The third-order valence-electron chi connectivity index (χ3n) is 14.3. The summed E-state index contributed by atoms with van der Waals surface area (Å²) in [4.78, 5) is 86.7. The number of hydrogen-bond acceptors (Lipinski definition) is 10. The fourth-order valence-electron chi connectivity index (χ4n) is 10.8. The minimum Gasteiger partial charge on any atom is -0.420 e. The van der Waals surface area contributed by atoms with Crippen molar-refractivity contribution in [2.75, 3.05) is 13.1 Å². The topological polar surface area (TPSA) is 163 Å². The minimum atomic E-state index is -0.652. The molecule has 366 valence electrons. The summed E-state index contributed by atoms with van der Waals surface area (Å²) in [6.45, 7) is 12.0. The molecule has 1 fully saturated rings. The first-order chi connectivity index (χ1) is 34.2. The maximum atomic E-state index is 14.4. The Labute approximate surface area is 413 Å². The van der Waals surface area contributed by atoms with Gasteiger partial charge in [0.1, 0.15) is 0 Å². The summed E-state index contributed by atoms with van der Waals surface area (Å²) in [5, 5.41) is 9.14. The van der Waals surface area contributed by atoms with Gasteiger partial charge >= 0.3 is 11.9 Å². The van der Waals surface area contributed by atoms with Gasteiger partial charge in [0.15, 0.2) is 11.4 Å². The molecule has 5 atom stereocenters. The van der Waals surface area contributed by atoms with Gasteiger partial charge in [-0.05, 0) is 86.6 Å². The molecule has 0 spiro atoms. The van der Waals surface area contributed by atoms with Crippen LogP contribution in [0.5, 0.6) is 11.5 Å². The number of esters is 2. The Morgan fingerprint density at radius 1 is 0.577 bits per heavy atom. The minimum absolute atomic E-state index is 0.0282. The van der Waals surface area contributed by atoms with E-state index >= 15 is 0 Å². The van der Waals surface area contributed by atoms with Crippen LogP contribution in [-0.2, 0) is 9.59 Å². The van der Waals surface area contributed by atoms with E-state index in [9.17, 15) is 28.8 Å². The lowest BCUT2D eigenvalue weighted by Gasteiger charge is -2.41. The van der Waals surface area contributed by atoms with Crippen molar-refractivity contribution in [1.29, 1.82) is 0 Å². The predicted molar refractivity (Wildman–Crippen MR) is 268 cm³/mol. The monoisotopic (exact) mass is 956 g/mol. The average molecular weight is 957 g/mol. The van der Waals surface area contributed by atoms with Gasteiger partial charge in [0.05, 0.1) is 30.4 Å². The fraction of sp³-hybridized carbons (Fsp3) is 0.368. The lowest BCUT2D eigenvalue weighted by Crippen LogP contribution is -2.50. The van der Waals surface area contributed by atoms with Crippen molar-refractivity contribution in [1.82, 2.24) is 29.4 Å². The summed E-state index contributed by atoms with van der Waals surface area (Å²) < 4.78 is 15.0. The first-order valence-corrected chi connectivity index (χ1v) is 24.7. The van der Waals surface area contributed by atoms with Crippen LogP contribution in [0.2, 0.25) is 0 Å². The molecule has 4 heterocycles. The number of ether oxygens (including phenoxy) is 2. The Hall–Kier alpha value is -7.48. The van der Waals surface area contributed by atoms with Gasteiger partial charge < -0.3 is 19.3 Å². The summed E-state index contributed by atoms with van der Waals surface area (Å²) in [6, 6.07) is 36.7. The van der Waals surface area contributed by atoms with E-state index in [0.29, 0.717) is 25.8 Å². The van der Waals surface area contributed by atoms with E-state index in [1.165, 1.54) is 0 Å². The number of hydrogen-bond donors (Lipinski definition) is 0. The van der Waals surface area contributed by atoms with Crippen molar-refractivity contribution in [2.24, 2.45) is 11.8 Å². The van der Waals surface area contributed by atoms with Gasteiger partial charge in [0.2, 0.25) is 22.4 Å². The number of benzene rings is 4. The van der Waals surface area contributed by atoms with Gasteiger partial charge in [-0.2, -0.15) is 10.2 Å². The number of carbonyl (C=O) groups excluding carboxylic acids is 4. The highest BCUT2D eigenvalue weighted by atomic mass is 16.5. The molecule has 14 heteroatoms. The van der Waals surface area contributed by atoms with Crippen molar-refractivity contribution in [3.8, 4) is 11.5 Å². The second-order valence-electron chi connectivity index (χ2n) is 20.1. The van der Waals surface area contributed by atoms with E-state index in [4.69, 9.17) is 9.47 Å². The highest BCUT2D eigenvalue weighted by molar-refractivity contribution is 5.97. The first-order valence-electron chi connectivity index (χ1n) is 24.7. The van der Waals surface area contributed by atoms with Gasteiger partial charge in [-0.3, -0.25) is 38.1 Å². The molecular formula is C57H60N6O8. The summed E-state index contributed by atoms with van der Waals surface area (Å²) in [5.41, 5.74) is 3.51. The van der Waals surface area contributed by atoms with Crippen molar-refractivity contribution in [2.45, 2.75) is 109 Å². The summed E-state index contributed by atoms with van der Waals surface area (Å²) in [5.74, 6) is -3.97. The maximum absolute atomic E-state index is 14.4. The van der Waals surface area contributed by atoms with E-state index in [-0.39, 0.29) is 71.6 Å². The van der Waals surface area contributed by atoms with Crippen molar-refractivity contribution in [3.63, 3.8) is 0 Å². The highest BCUT2D eigenvalue weighted by Gasteiger charge is 2.44. The molecule has 3 aliphatic rings. The van der Waals surface area contributed by atoms with Crippen LogP contribution < -0.4 is 20.3 Å². The normalized spacial score (nSPS) is 19.3. The lowest BCUT2D eigenvalue weighted by molar-refractivity contribution is -0.139. The van der Waals surface area contributed by atoms with Crippen LogP contribution in [0.3, 0.4) is 0 Å². The van der Waals surface area contributed by atoms with E-state index in [1.54, 1.807) is 19.2 Å². The highest BCUT2D eigenvalue weighted by Crippen LogP contribution is 2.45. The summed E-state index contributed by atoms with van der Waals surface area (Å²) in [7, 11) is 0. The molecule has 0 radical (unpaired) electrons. The molecule has 0 N–H and O–H groups in total. The van der Waals surface area contributed by atoms with Crippen LogP contribution in [0, 0.1) is 11.8 Å². The molecule has 2 amide bonds. The van der Waals surface area contributed by atoms with E-state index in [2.05, 4.69) is 16.3 Å². The van der Waals surface area contributed by atoms with Crippen molar-refractivity contribution < 1.29 is 28.7 Å². The number of rotatable bonds is 14. The molecule has 0 saturated heterocycles. The largest absolute Gasteiger partial charge is 0.420 e. The molecule has 0 bridgehead atoms. The molecule has 4 aromatic carbocycles. The third kappa shape index (κ3) is 9.72. The van der Waals surface area contributed by atoms with E-state index < -0.39 is 52.6 Å². The molecule has 1 saturated carbocycles. The number of amides is 2. The number of nitrogens with zero attached hydrogens (tertiary/aromatic N) is 6. The van der Waals surface area contributed by atoms with Crippen molar-refractivity contribution >= 4 is 23.8 Å². The fourth-order valence-corrected chi connectivity index (χ4v) is 10.8. The quantitative estimate of drug-likeness (QED) is 0.0966. The Balaban J connectivity index is 1.03. The number of carbonyl (C=O) groups is 4. The van der Waals surface area contributed by atoms with Gasteiger partial charge in [0, 0.05) is 43.4 Å². The Morgan fingerprint density at radius 2 is 1.03 bits per heavy atom. The van der Waals surface area contributed by atoms with Crippen LogP contribution in [0.4, 0.5) is 0 Å². The summed E-state index contributed by atoms with van der Waals surface area (Å²) in [6.07, 6.45) is 3.94. The maximum Gasteiger partial charge on any atom is 0.314 e. The van der Waals surface area contributed by atoms with E-state index in [0.717, 1.165) is 40.2 Å². The standard InChI is InChI=1S/C57H60N6O8/c1-34(2)27-48(66)70-53-46(64)30-58-63-45(33-61(36(5)6)55(67)51(53)63)50(39-21-14-9-15-22-39)42-24-16-23-40(28-42)41-25-26-43(29-41)57(69)71-54-47(65)31-59-62-44(32-60(35(3)4)56(68)52(54)62)49(37-17-10-7-11-18-37)38-19-12-8-13-20-38/h7-24,28,30-31,34-36,41,43-45,49-50H,25-27,29,32-33H2,1-6H3. The third-order valence-corrected chi connectivity index (χ3v) is 14.3. The average Bonchev–Trinajstić information content (AvgIpc) is 3.86. The molecule has 71 heavy (non-hydrogen) atoms. The van der Waals surface area contributed by atoms with Gasteiger partial charge in [0.25, 0.3) is 11.8 Å². The van der Waals surface area contributed by atoms with E-state index in [1.807, 2.05) is 151 Å². The Morgan fingerprint density at radius 3 is 1.49 bits per heavy atom. The second kappa shape index (κ2) is 20.5. The zero-order chi connectivity index (χ0) is 50.1. The zero-order valence-electron chi connectivity index (χ0n) is 41.0. The van der Waals surface area contributed by atoms with Crippen LogP contribution in [-0.4, -0.2) is 78.3 Å². The molecule has 9 rings (SSSR count). The molecule has 6 aromatic rings. The van der Waals surface area contributed by atoms with Crippen LogP contribution in [0.15, 0.2) is 137 Å². The van der Waals surface area contributed by atoms with Crippen LogP contribution in [0.25, 0.3) is 0 Å². The SMILES string of the molecule is CC(C)CC(=O)Oc1c2n(ncc1=O)C(C(c1ccccc1)c1cccc(C3CCC(C(=O)Oc4c5n(ncc4=O)C(C(c4ccccc4)c4ccccc4)CN(C(C)C)C5=O)C3)c1)CN(C(C)C)C2=O. The number of aromatic nitrogens is 4. The number of fused-ring (bicyclic) bond motifs is 2. The van der Waals surface area contributed by atoms with Gasteiger partial charge in [-0.1, -0.05) is 129 Å². The molecule has 1 aliphatic carbocycles. The molecule has 2 aromatic heterocycles. The van der Waals surface area contributed by atoms with Crippen molar-refractivity contribution in [3.05, 3.63) is 187 Å². The summed E-state index contributed by atoms with van der Waals surface area (Å²) >= 11 is 0. The smallest absolute Gasteiger partial charge is 0.314 e. The molecule has 14 nitrogen and oxygen atoms in total. The van der Waals surface area contributed by atoms with Crippen LogP contribution >= 0.6 is 0 Å². The predicted octanol–water partition coefficient (Wildman–Crippen LogP) is 8.72. The second-order valence-corrected chi connectivity index (χ2v) is 20.1. The lowest BCUT2D eigenvalue weighted by atomic mass is 9.82.